The molecule has 6 nitrogen and oxygen atoms in total. The maximum atomic E-state index is 12.2. The Morgan fingerprint density at radius 2 is 1.91 bits per heavy atom. The molecule has 0 fully saturated rings. The van der Waals surface area contributed by atoms with Gasteiger partial charge < -0.3 is 10.3 Å². The topological polar surface area (TPSA) is 96.1 Å². The molecule has 23 heavy (non-hydrogen) atoms. The van der Waals surface area contributed by atoms with Crippen LogP contribution in [0.25, 0.3) is 0 Å². The van der Waals surface area contributed by atoms with Crippen molar-refractivity contribution in [3.63, 3.8) is 0 Å². The number of amides is 1. The van der Waals surface area contributed by atoms with Gasteiger partial charge in [-0.25, -0.2) is 8.42 Å². The lowest BCUT2D eigenvalue weighted by Gasteiger charge is -2.09. The van der Waals surface area contributed by atoms with Crippen LogP contribution < -0.4 is 10.9 Å². The molecule has 1 heterocycles. The number of aromatic nitrogens is 1. The van der Waals surface area contributed by atoms with Gasteiger partial charge >= 0.3 is 0 Å². The molecule has 122 valence electrons. The number of sulfone groups is 1. The SMILES string of the molecule is Cc1cc(C)c(CNC(=O)c2cccc(S(C)(=O)=O)c2)c(=O)[nH]1. The fraction of sp³-hybridized carbons (Fsp3) is 0.250. The summed E-state index contributed by atoms with van der Waals surface area (Å²) in [6.45, 7) is 3.66. The van der Waals surface area contributed by atoms with E-state index in [4.69, 9.17) is 0 Å². The van der Waals surface area contributed by atoms with E-state index in [0.717, 1.165) is 17.5 Å². The van der Waals surface area contributed by atoms with E-state index in [-0.39, 0.29) is 22.6 Å². The Morgan fingerprint density at radius 1 is 1.22 bits per heavy atom. The van der Waals surface area contributed by atoms with Crippen molar-refractivity contribution < 1.29 is 13.2 Å². The summed E-state index contributed by atoms with van der Waals surface area (Å²) in [7, 11) is -3.38. The van der Waals surface area contributed by atoms with Crippen LogP contribution in [-0.2, 0) is 16.4 Å². The van der Waals surface area contributed by atoms with E-state index in [0.29, 0.717) is 5.56 Å². The van der Waals surface area contributed by atoms with Crippen LogP contribution in [0.4, 0.5) is 0 Å². The third-order valence-corrected chi connectivity index (χ3v) is 4.55. The second kappa shape index (κ2) is 6.37. The molecular weight excluding hydrogens is 316 g/mol. The van der Waals surface area contributed by atoms with Crippen LogP contribution in [0.15, 0.2) is 40.0 Å². The first-order chi connectivity index (χ1) is 10.7. The average molecular weight is 334 g/mol. The van der Waals surface area contributed by atoms with E-state index in [2.05, 4.69) is 10.3 Å². The predicted octanol–water partition coefficient (Wildman–Crippen LogP) is 1.33. The highest BCUT2D eigenvalue weighted by atomic mass is 32.2. The van der Waals surface area contributed by atoms with E-state index in [1.807, 2.05) is 6.07 Å². The van der Waals surface area contributed by atoms with Gasteiger partial charge in [0.05, 0.1) is 4.90 Å². The van der Waals surface area contributed by atoms with Crippen molar-refractivity contribution in [1.82, 2.24) is 10.3 Å². The Labute approximate surface area is 134 Å². The zero-order chi connectivity index (χ0) is 17.2. The molecule has 0 saturated heterocycles. The molecule has 0 aliphatic heterocycles. The lowest BCUT2D eigenvalue weighted by Crippen LogP contribution is -2.28. The lowest BCUT2D eigenvalue weighted by molar-refractivity contribution is 0.0950. The van der Waals surface area contributed by atoms with Gasteiger partial charge in [0.2, 0.25) is 0 Å². The molecule has 2 rings (SSSR count). The maximum absolute atomic E-state index is 12.2. The number of pyridine rings is 1. The first kappa shape index (κ1) is 17.0. The number of aryl methyl sites for hydroxylation is 2. The Bertz CT molecular complexity index is 914. The van der Waals surface area contributed by atoms with Crippen molar-refractivity contribution in [2.24, 2.45) is 0 Å². The molecule has 1 aromatic carbocycles. The van der Waals surface area contributed by atoms with Crippen LogP contribution >= 0.6 is 0 Å². The predicted molar refractivity (Wildman–Crippen MR) is 87.3 cm³/mol. The van der Waals surface area contributed by atoms with E-state index >= 15 is 0 Å². The number of aromatic amines is 1. The summed E-state index contributed by atoms with van der Waals surface area (Å²) in [4.78, 5) is 26.8. The second-order valence-electron chi connectivity index (χ2n) is 5.43. The minimum Gasteiger partial charge on any atom is -0.348 e. The standard InChI is InChI=1S/C16H18N2O4S/c1-10-7-11(2)18-16(20)14(10)9-17-15(19)12-5-4-6-13(8-12)23(3,21)22/h4-8H,9H2,1-3H3,(H,17,19)(H,18,20). The Morgan fingerprint density at radius 3 is 2.52 bits per heavy atom. The highest BCUT2D eigenvalue weighted by Crippen LogP contribution is 2.11. The van der Waals surface area contributed by atoms with Crippen molar-refractivity contribution in [2.75, 3.05) is 6.26 Å². The summed E-state index contributed by atoms with van der Waals surface area (Å²) >= 11 is 0. The molecule has 0 atom stereocenters. The Balaban J connectivity index is 2.20. The number of benzene rings is 1. The number of hydrogen-bond acceptors (Lipinski definition) is 4. The summed E-state index contributed by atoms with van der Waals surface area (Å²) < 4.78 is 23.1. The molecule has 1 amide bonds. The molecule has 0 bridgehead atoms. The van der Waals surface area contributed by atoms with Crippen LogP contribution in [0.1, 0.15) is 27.2 Å². The molecule has 0 spiro atoms. The maximum Gasteiger partial charge on any atom is 0.253 e. The van der Waals surface area contributed by atoms with Crippen LogP contribution in [-0.4, -0.2) is 25.6 Å². The van der Waals surface area contributed by atoms with Crippen molar-refractivity contribution in [3.8, 4) is 0 Å². The fourth-order valence-electron chi connectivity index (χ4n) is 2.24. The molecule has 7 heteroatoms. The van der Waals surface area contributed by atoms with Crippen molar-refractivity contribution in [1.29, 1.82) is 0 Å². The zero-order valence-corrected chi connectivity index (χ0v) is 14.0. The number of carbonyl (C=O) groups excluding carboxylic acids is 1. The molecule has 0 aliphatic rings. The van der Waals surface area contributed by atoms with Crippen LogP contribution in [0.3, 0.4) is 0 Å². The van der Waals surface area contributed by atoms with E-state index < -0.39 is 15.7 Å². The molecule has 0 saturated carbocycles. The van der Waals surface area contributed by atoms with E-state index in [9.17, 15) is 18.0 Å². The van der Waals surface area contributed by atoms with Crippen molar-refractivity contribution in [3.05, 3.63) is 63.1 Å². The summed E-state index contributed by atoms with van der Waals surface area (Å²) in [5.41, 5.74) is 2.00. The Hall–Kier alpha value is -2.41. The molecule has 0 radical (unpaired) electrons. The molecule has 0 unspecified atom stereocenters. The van der Waals surface area contributed by atoms with E-state index in [1.165, 1.54) is 24.3 Å². The summed E-state index contributed by atoms with van der Waals surface area (Å²) in [5, 5.41) is 2.64. The first-order valence-electron chi connectivity index (χ1n) is 6.96. The van der Waals surface area contributed by atoms with Crippen LogP contribution in [0.5, 0.6) is 0 Å². The van der Waals surface area contributed by atoms with Crippen LogP contribution in [0.2, 0.25) is 0 Å². The molecule has 2 N–H and O–H groups in total. The zero-order valence-electron chi connectivity index (χ0n) is 13.1. The highest BCUT2D eigenvalue weighted by molar-refractivity contribution is 7.90. The third-order valence-electron chi connectivity index (χ3n) is 3.44. The van der Waals surface area contributed by atoms with Gasteiger partial charge in [0.25, 0.3) is 11.5 Å². The number of hydrogen-bond donors (Lipinski definition) is 2. The second-order valence-corrected chi connectivity index (χ2v) is 7.44. The number of carbonyl (C=O) groups is 1. The van der Waals surface area contributed by atoms with E-state index in [1.54, 1.807) is 13.8 Å². The quantitative estimate of drug-likeness (QED) is 0.881. The van der Waals surface area contributed by atoms with Crippen LogP contribution in [0, 0.1) is 13.8 Å². The molecular formula is C16H18N2O4S. The Kier molecular flexibility index (Phi) is 4.70. The fourth-order valence-corrected chi connectivity index (χ4v) is 2.91. The monoisotopic (exact) mass is 334 g/mol. The third kappa shape index (κ3) is 4.07. The number of nitrogens with one attached hydrogen (secondary N) is 2. The average Bonchev–Trinajstić information content (AvgIpc) is 2.45. The van der Waals surface area contributed by atoms with Gasteiger partial charge in [-0.2, -0.15) is 0 Å². The largest absolute Gasteiger partial charge is 0.348 e. The van der Waals surface area contributed by atoms with Gasteiger partial charge in [0, 0.05) is 29.6 Å². The smallest absolute Gasteiger partial charge is 0.253 e. The van der Waals surface area contributed by atoms with Gasteiger partial charge in [0.1, 0.15) is 0 Å². The summed E-state index contributed by atoms with van der Waals surface area (Å²) in [6, 6.07) is 7.61. The summed E-state index contributed by atoms with van der Waals surface area (Å²) in [6.07, 6.45) is 1.08. The van der Waals surface area contributed by atoms with Gasteiger partial charge in [-0.15, -0.1) is 0 Å². The van der Waals surface area contributed by atoms with Gasteiger partial charge in [-0.05, 0) is 43.7 Å². The molecule has 0 aliphatic carbocycles. The van der Waals surface area contributed by atoms with Crippen molar-refractivity contribution in [2.45, 2.75) is 25.3 Å². The van der Waals surface area contributed by atoms with Gasteiger partial charge in [-0.1, -0.05) is 6.07 Å². The normalized spacial score (nSPS) is 11.3. The van der Waals surface area contributed by atoms with Gasteiger partial charge in [-0.3, -0.25) is 9.59 Å². The summed E-state index contributed by atoms with van der Waals surface area (Å²) in [5.74, 6) is -0.435. The lowest BCUT2D eigenvalue weighted by atomic mass is 10.1. The number of H-pyrrole nitrogens is 1. The minimum absolute atomic E-state index is 0.0728. The number of rotatable bonds is 4. The highest BCUT2D eigenvalue weighted by Gasteiger charge is 2.12. The molecule has 2 aromatic rings. The molecule has 1 aromatic heterocycles. The van der Waals surface area contributed by atoms with Crippen molar-refractivity contribution >= 4 is 15.7 Å². The van der Waals surface area contributed by atoms with Gasteiger partial charge in [0.15, 0.2) is 9.84 Å². The first-order valence-corrected chi connectivity index (χ1v) is 8.85. The minimum atomic E-state index is -3.38.